The van der Waals surface area contributed by atoms with Crippen molar-refractivity contribution in [2.45, 2.75) is 19.8 Å². The minimum absolute atomic E-state index is 0.0297. The molecule has 1 heterocycles. The fourth-order valence-electron chi connectivity index (χ4n) is 3.97. The average molecular weight is 474 g/mol. The number of benzene rings is 3. The highest BCUT2D eigenvalue weighted by Gasteiger charge is 2.26. The van der Waals surface area contributed by atoms with Crippen molar-refractivity contribution in [2.24, 2.45) is 0 Å². The molecule has 0 aliphatic carbocycles. The highest BCUT2D eigenvalue weighted by molar-refractivity contribution is 6.17. The van der Waals surface area contributed by atoms with Gasteiger partial charge in [0.15, 0.2) is 0 Å². The second-order valence-electron chi connectivity index (χ2n) is 7.80. The number of anilines is 1. The number of halogens is 1. The van der Waals surface area contributed by atoms with Crippen molar-refractivity contribution in [2.75, 3.05) is 11.9 Å². The highest BCUT2D eigenvalue weighted by Crippen LogP contribution is 2.33. The Balaban J connectivity index is 1.77. The molecule has 178 valence electrons. The Morgan fingerprint density at radius 2 is 1.71 bits per heavy atom. The zero-order valence-corrected chi connectivity index (χ0v) is 19.0. The van der Waals surface area contributed by atoms with Gasteiger partial charge in [-0.25, -0.2) is 14.0 Å². The van der Waals surface area contributed by atoms with Gasteiger partial charge in [0.25, 0.3) is 0 Å². The Labute approximate surface area is 200 Å². The van der Waals surface area contributed by atoms with Gasteiger partial charge in [-0.1, -0.05) is 36.4 Å². The fraction of sp³-hybridized carbons (Fsp3) is 0.148. The van der Waals surface area contributed by atoms with Gasteiger partial charge in [0, 0.05) is 23.7 Å². The summed E-state index contributed by atoms with van der Waals surface area (Å²) in [6.45, 7) is 1.70. The summed E-state index contributed by atoms with van der Waals surface area (Å²) in [4.78, 5) is 37.8. The molecule has 7 nitrogen and oxygen atoms in total. The molecular formula is C27H23FN2O5. The lowest BCUT2D eigenvalue weighted by atomic mass is 10.0. The SMILES string of the molecule is CCOC(=O)c1c(NC(=O)CCc2ccccc2F)ccc2c1c(C(=O)O)cn2-c1ccccc1. The van der Waals surface area contributed by atoms with Gasteiger partial charge in [0.2, 0.25) is 5.91 Å². The van der Waals surface area contributed by atoms with Crippen LogP contribution >= 0.6 is 0 Å². The zero-order valence-electron chi connectivity index (χ0n) is 19.0. The average Bonchev–Trinajstić information content (AvgIpc) is 3.24. The molecule has 4 aromatic rings. The lowest BCUT2D eigenvalue weighted by Gasteiger charge is -2.13. The van der Waals surface area contributed by atoms with Crippen LogP contribution in [0.3, 0.4) is 0 Å². The molecule has 0 aliphatic rings. The third kappa shape index (κ3) is 4.91. The van der Waals surface area contributed by atoms with Gasteiger partial charge in [-0.05, 0) is 49.2 Å². The van der Waals surface area contributed by atoms with Crippen molar-refractivity contribution in [3.05, 3.63) is 95.4 Å². The molecule has 0 atom stereocenters. The first-order chi connectivity index (χ1) is 16.9. The van der Waals surface area contributed by atoms with Gasteiger partial charge >= 0.3 is 11.9 Å². The Bertz CT molecular complexity index is 1410. The Morgan fingerprint density at radius 1 is 1.00 bits per heavy atom. The number of carboxylic acids is 1. The zero-order chi connectivity index (χ0) is 24.9. The first-order valence-electron chi connectivity index (χ1n) is 11.1. The summed E-state index contributed by atoms with van der Waals surface area (Å²) in [6.07, 6.45) is 1.58. The van der Waals surface area contributed by atoms with Crippen LogP contribution in [0.2, 0.25) is 0 Å². The van der Waals surface area contributed by atoms with E-state index in [0.29, 0.717) is 16.8 Å². The summed E-state index contributed by atoms with van der Waals surface area (Å²) in [5, 5.41) is 12.7. The summed E-state index contributed by atoms with van der Waals surface area (Å²) in [7, 11) is 0. The van der Waals surface area contributed by atoms with Gasteiger partial charge < -0.3 is 19.7 Å². The van der Waals surface area contributed by atoms with E-state index in [-0.39, 0.29) is 41.6 Å². The van der Waals surface area contributed by atoms with Crippen molar-refractivity contribution in [1.82, 2.24) is 4.57 Å². The molecule has 8 heteroatoms. The van der Waals surface area contributed by atoms with Crippen molar-refractivity contribution in [3.63, 3.8) is 0 Å². The van der Waals surface area contributed by atoms with Crippen LogP contribution in [0, 0.1) is 5.82 Å². The van der Waals surface area contributed by atoms with Gasteiger partial charge in [-0.15, -0.1) is 0 Å². The van der Waals surface area contributed by atoms with Crippen LogP contribution in [0.15, 0.2) is 72.9 Å². The molecule has 2 N–H and O–H groups in total. The molecule has 0 spiro atoms. The predicted molar refractivity (Wildman–Crippen MR) is 130 cm³/mol. The number of aryl methyl sites for hydroxylation is 1. The van der Waals surface area contributed by atoms with E-state index in [1.165, 1.54) is 12.3 Å². The molecule has 1 amide bonds. The van der Waals surface area contributed by atoms with Crippen LogP contribution in [0.4, 0.5) is 10.1 Å². The molecular weight excluding hydrogens is 451 g/mol. The Hall–Kier alpha value is -4.46. The van der Waals surface area contributed by atoms with E-state index in [2.05, 4.69) is 5.32 Å². The minimum Gasteiger partial charge on any atom is -0.478 e. The molecule has 1 aromatic heterocycles. The van der Waals surface area contributed by atoms with Gasteiger partial charge in [0.1, 0.15) is 5.82 Å². The first kappa shape index (κ1) is 23.7. The quantitative estimate of drug-likeness (QED) is 0.342. The number of carboxylic acid groups (broad SMARTS) is 1. The highest BCUT2D eigenvalue weighted by atomic mass is 19.1. The molecule has 0 fully saturated rings. The van der Waals surface area contributed by atoms with E-state index in [1.54, 1.807) is 41.8 Å². The molecule has 0 unspecified atom stereocenters. The van der Waals surface area contributed by atoms with Crippen molar-refractivity contribution in [3.8, 4) is 5.69 Å². The number of amides is 1. The number of para-hydroxylation sites is 1. The largest absolute Gasteiger partial charge is 0.478 e. The number of nitrogens with one attached hydrogen (secondary N) is 1. The third-order valence-corrected chi connectivity index (χ3v) is 5.57. The van der Waals surface area contributed by atoms with E-state index in [9.17, 15) is 23.9 Å². The van der Waals surface area contributed by atoms with E-state index >= 15 is 0 Å². The number of ether oxygens (including phenoxy) is 1. The number of esters is 1. The van der Waals surface area contributed by atoms with Crippen molar-refractivity contribution in [1.29, 1.82) is 0 Å². The second-order valence-corrected chi connectivity index (χ2v) is 7.80. The second kappa shape index (κ2) is 10.2. The van der Waals surface area contributed by atoms with E-state index < -0.39 is 23.7 Å². The Morgan fingerprint density at radius 3 is 2.40 bits per heavy atom. The Kier molecular flexibility index (Phi) is 6.91. The van der Waals surface area contributed by atoms with E-state index in [0.717, 1.165) is 0 Å². The normalized spacial score (nSPS) is 10.8. The van der Waals surface area contributed by atoms with Crippen LogP contribution < -0.4 is 5.32 Å². The van der Waals surface area contributed by atoms with Crippen LogP contribution in [0.5, 0.6) is 0 Å². The molecule has 0 aliphatic heterocycles. The summed E-state index contributed by atoms with van der Waals surface area (Å²) in [5.74, 6) is -2.83. The number of hydrogen-bond acceptors (Lipinski definition) is 4. The number of nitrogens with zero attached hydrogens (tertiary/aromatic N) is 1. The van der Waals surface area contributed by atoms with Crippen LogP contribution in [0.1, 0.15) is 39.6 Å². The summed E-state index contributed by atoms with van der Waals surface area (Å²) < 4.78 is 20.8. The van der Waals surface area contributed by atoms with E-state index in [1.807, 2.05) is 30.3 Å². The molecule has 3 aromatic carbocycles. The lowest BCUT2D eigenvalue weighted by Crippen LogP contribution is -2.17. The molecule has 4 rings (SSSR count). The minimum atomic E-state index is -1.22. The van der Waals surface area contributed by atoms with Crippen molar-refractivity contribution < 1.29 is 28.6 Å². The number of hydrogen-bond donors (Lipinski definition) is 2. The summed E-state index contributed by atoms with van der Waals surface area (Å²) in [5.41, 5.74) is 1.56. The standard InChI is InChI=1S/C27H23FN2O5/c1-2-35-27(34)25-21(29-23(31)15-12-17-8-6-7-11-20(17)28)13-14-22-24(25)19(26(32)33)16-30(22)18-9-4-3-5-10-18/h3-11,13-14,16H,2,12,15H2,1H3,(H,29,31)(H,32,33). The fourth-order valence-corrected chi connectivity index (χ4v) is 3.97. The molecule has 0 radical (unpaired) electrons. The predicted octanol–water partition coefficient (Wildman–Crippen LogP) is 5.22. The van der Waals surface area contributed by atoms with Crippen LogP contribution in [-0.4, -0.2) is 34.1 Å². The smallest absolute Gasteiger partial charge is 0.340 e. The lowest BCUT2D eigenvalue weighted by molar-refractivity contribution is -0.116. The van der Waals surface area contributed by atoms with E-state index in [4.69, 9.17) is 4.74 Å². The van der Waals surface area contributed by atoms with Crippen LogP contribution in [0.25, 0.3) is 16.6 Å². The summed E-state index contributed by atoms with van der Waals surface area (Å²) >= 11 is 0. The number of aromatic nitrogens is 1. The molecule has 0 saturated heterocycles. The number of carbonyl (C=O) groups excluding carboxylic acids is 2. The monoisotopic (exact) mass is 474 g/mol. The maximum atomic E-state index is 13.9. The maximum absolute atomic E-state index is 13.9. The molecule has 0 bridgehead atoms. The molecule has 35 heavy (non-hydrogen) atoms. The maximum Gasteiger partial charge on any atom is 0.340 e. The first-order valence-corrected chi connectivity index (χ1v) is 11.1. The van der Waals surface area contributed by atoms with Crippen molar-refractivity contribution >= 4 is 34.4 Å². The molecule has 0 saturated carbocycles. The van der Waals surface area contributed by atoms with Gasteiger partial charge in [-0.3, -0.25) is 4.79 Å². The van der Waals surface area contributed by atoms with Crippen LogP contribution in [-0.2, 0) is 16.0 Å². The number of rotatable bonds is 8. The third-order valence-electron chi connectivity index (χ3n) is 5.57. The number of aromatic carboxylic acids is 1. The topological polar surface area (TPSA) is 97.6 Å². The van der Waals surface area contributed by atoms with Gasteiger partial charge in [0.05, 0.1) is 28.9 Å². The van der Waals surface area contributed by atoms with Gasteiger partial charge in [-0.2, -0.15) is 0 Å². The number of carbonyl (C=O) groups is 3. The number of fused-ring (bicyclic) bond motifs is 1. The summed E-state index contributed by atoms with van der Waals surface area (Å²) in [6, 6.07) is 18.5.